The van der Waals surface area contributed by atoms with Gasteiger partial charge in [-0.05, 0) is 81.9 Å². The lowest BCUT2D eigenvalue weighted by Gasteiger charge is -2.22. The van der Waals surface area contributed by atoms with E-state index in [9.17, 15) is 9.59 Å². The van der Waals surface area contributed by atoms with Crippen LogP contribution in [0.2, 0.25) is 0 Å². The number of nitrogens with zero attached hydrogens (tertiary/aromatic N) is 4. The van der Waals surface area contributed by atoms with Gasteiger partial charge in [0.05, 0.1) is 16.8 Å². The first-order valence-corrected chi connectivity index (χ1v) is 14.1. The van der Waals surface area contributed by atoms with Crippen LogP contribution in [-0.4, -0.2) is 57.4 Å². The third kappa shape index (κ3) is 3.82. The lowest BCUT2D eigenvalue weighted by atomic mass is 9.82. The summed E-state index contributed by atoms with van der Waals surface area (Å²) in [6, 6.07) is 6.20. The summed E-state index contributed by atoms with van der Waals surface area (Å²) in [6.45, 7) is 8.66. The molecule has 0 bridgehead atoms. The highest BCUT2D eigenvalue weighted by Crippen LogP contribution is 2.47. The minimum Gasteiger partial charge on any atom is -0.348 e. The molecule has 7 rings (SSSR count). The molecule has 0 atom stereocenters. The Morgan fingerprint density at radius 2 is 1.95 bits per heavy atom. The number of urea groups is 1. The molecule has 0 spiro atoms. The van der Waals surface area contributed by atoms with Crippen LogP contribution < -0.4 is 16.0 Å². The van der Waals surface area contributed by atoms with E-state index in [0.717, 1.165) is 82.4 Å². The molecule has 0 radical (unpaired) electrons. The number of benzene rings is 2. The molecule has 1 aliphatic carbocycles. The number of hydrogen-bond donors (Lipinski definition) is 3. The van der Waals surface area contributed by atoms with Gasteiger partial charge in [0.2, 0.25) is 0 Å². The molecule has 0 unspecified atom stereocenters. The van der Waals surface area contributed by atoms with Gasteiger partial charge in [-0.1, -0.05) is 0 Å². The summed E-state index contributed by atoms with van der Waals surface area (Å²) >= 11 is 0. The van der Waals surface area contributed by atoms with Gasteiger partial charge in [0.15, 0.2) is 0 Å². The largest absolute Gasteiger partial charge is 0.348 e. The van der Waals surface area contributed by atoms with Crippen LogP contribution in [0.1, 0.15) is 59.9 Å². The Kier molecular flexibility index (Phi) is 5.66. The smallest absolute Gasteiger partial charge is 0.319 e. The van der Waals surface area contributed by atoms with Gasteiger partial charge in [-0.3, -0.25) is 9.48 Å². The van der Waals surface area contributed by atoms with Crippen molar-refractivity contribution in [3.8, 4) is 11.1 Å². The molecule has 4 aromatic rings. The fraction of sp³-hybridized carbons (Fsp3) is 0.433. The molecule has 2 aromatic carbocycles. The molecular weight excluding hydrogens is 490 g/mol. The third-order valence-electron chi connectivity index (χ3n) is 8.57. The van der Waals surface area contributed by atoms with Gasteiger partial charge >= 0.3 is 6.03 Å². The van der Waals surface area contributed by atoms with Crippen LogP contribution in [0, 0.1) is 0 Å². The highest BCUT2D eigenvalue weighted by Gasteiger charge is 2.35. The minimum atomic E-state index is -0.190. The average molecular weight is 526 g/mol. The predicted molar refractivity (Wildman–Crippen MR) is 153 cm³/mol. The lowest BCUT2D eigenvalue weighted by Crippen LogP contribution is -2.35. The molecule has 39 heavy (non-hydrogen) atoms. The Morgan fingerprint density at radius 3 is 2.74 bits per heavy atom. The van der Waals surface area contributed by atoms with Gasteiger partial charge in [0, 0.05) is 72.0 Å². The normalized spacial score (nSPS) is 16.6. The van der Waals surface area contributed by atoms with Crippen molar-refractivity contribution >= 4 is 39.4 Å². The molecule has 3 N–H and O–H groups in total. The summed E-state index contributed by atoms with van der Waals surface area (Å²) in [5.74, 6) is -0.0167. The highest BCUT2D eigenvalue weighted by molar-refractivity contribution is 6.20. The second-order valence-electron chi connectivity index (χ2n) is 11.4. The summed E-state index contributed by atoms with van der Waals surface area (Å²) in [6.07, 6.45) is 6.23. The maximum absolute atomic E-state index is 13.3. The van der Waals surface area contributed by atoms with E-state index in [-0.39, 0.29) is 18.0 Å². The van der Waals surface area contributed by atoms with Crippen LogP contribution in [0.25, 0.3) is 32.9 Å². The first kappa shape index (κ1) is 24.2. The van der Waals surface area contributed by atoms with Crippen molar-refractivity contribution < 1.29 is 9.59 Å². The van der Waals surface area contributed by atoms with Crippen molar-refractivity contribution in [2.24, 2.45) is 7.05 Å². The highest BCUT2D eigenvalue weighted by atomic mass is 16.2. The third-order valence-corrected chi connectivity index (χ3v) is 8.57. The van der Waals surface area contributed by atoms with E-state index in [0.29, 0.717) is 13.1 Å². The van der Waals surface area contributed by atoms with Gasteiger partial charge in [-0.15, -0.1) is 0 Å². The average Bonchev–Trinajstić information content (AvgIpc) is 3.68. The topological polar surface area (TPSA) is 96.2 Å². The molecule has 202 valence electrons. The van der Waals surface area contributed by atoms with E-state index in [2.05, 4.69) is 57.6 Å². The standard InChI is InChI=1S/C30H35N7O2/c1-17(2)37-24-9-6-18(33-30(39)31-10-13-36-11-4-5-12-36)14-20(24)26-21-15-32-29(38)27(21)25-19(28(26)37)7-8-23-22(25)16-35(3)34-23/h6,9,14,16-17H,4-5,7-8,10-13,15H2,1-3H3,(H,32,38)(H2,31,33,39). The summed E-state index contributed by atoms with van der Waals surface area (Å²) in [5, 5.41) is 16.0. The Hall–Kier alpha value is -3.85. The first-order valence-electron chi connectivity index (χ1n) is 14.1. The number of anilines is 1. The van der Waals surface area contributed by atoms with Crippen LogP contribution in [0.5, 0.6) is 0 Å². The number of hydrogen-bond acceptors (Lipinski definition) is 4. The van der Waals surface area contributed by atoms with E-state index in [1.54, 1.807) is 0 Å². The molecule has 9 nitrogen and oxygen atoms in total. The maximum atomic E-state index is 13.3. The molecular formula is C30H35N7O2. The second-order valence-corrected chi connectivity index (χ2v) is 11.4. The molecule has 2 aliphatic heterocycles. The molecule has 1 fully saturated rings. The van der Waals surface area contributed by atoms with Crippen LogP contribution >= 0.6 is 0 Å². The number of carbonyl (C=O) groups excluding carboxylic acids is 2. The summed E-state index contributed by atoms with van der Waals surface area (Å²) in [7, 11) is 1.94. The number of aromatic nitrogens is 3. The Bertz CT molecular complexity index is 1660. The number of aryl methyl sites for hydroxylation is 3. The van der Waals surface area contributed by atoms with Crippen LogP contribution in [0.15, 0.2) is 24.4 Å². The minimum absolute atomic E-state index is 0.0167. The monoisotopic (exact) mass is 525 g/mol. The number of amides is 3. The zero-order valence-electron chi connectivity index (χ0n) is 22.9. The van der Waals surface area contributed by atoms with E-state index in [1.165, 1.54) is 23.9 Å². The molecule has 3 amide bonds. The van der Waals surface area contributed by atoms with Gasteiger partial charge < -0.3 is 25.4 Å². The van der Waals surface area contributed by atoms with Crippen molar-refractivity contribution in [2.75, 3.05) is 31.5 Å². The van der Waals surface area contributed by atoms with Gasteiger partial charge in [-0.2, -0.15) is 5.10 Å². The van der Waals surface area contributed by atoms with Crippen molar-refractivity contribution in [1.29, 1.82) is 0 Å². The van der Waals surface area contributed by atoms with E-state index >= 15 is 0 Å². The quantitative estimate of drug-likeness (QED) is 0.361. The predicted octanol–water partition coefficient (Wildman–Crippen LogP) is 4.34. The summed E-state index contributed by atoms with van der Waals surface area (Å²) in [5.41, 5.74) is 9.29. The van der Waals surface area contributed by atoms with Crippen molar-refractivity contribution in [3.63, 3.8) is 0 Å². The molecule has 4 heterocycles. The number of fused-ring (bicyclic) bond motifs is 10. The molecule has 1 saturated heterocycles. The Labute approximate surface area is 227 Å². The van der Waals surface area contributed by atoms with Crippen LogP contribution in [-0.2, 0) is 26.4 Å². The number of rotatable bonds is 5. The van der Waals surface area contributed by atoms with Crippen LogP contribution in [0.3, 0.4) is 0 Å². The van der Waals surface area contributed by atoms with Gasteiger partial charge in [-0.25, -0.2) is 4.79 Å². The summed E-state index contributed by atoms with van der Waals surface area (Å²) < 4.78 is 4.27. The zero-order valence-corrected chi connectivity index (χ0v) is 22.9. The maximum Gasteiger partial charge on any atom is 0.319 e. The molecule has 9 heteroatoms. The van der Waals surface area contributed by atoms with E-state index in [4.69, 9.17) is 5.10 Å². The van der Waals surface area contributed by atoms with Crippen molar-refractivity contribution in [3.05, 3.63) is 46.8 Å². The Morgan fingerprint density at radius 1 is 1.13 bits per heavy atom. The molecule has 2 aromatic heterocycles. The summed E-state index contributed by atoms with van der Waals surface area (Å²) in [4.78, 5) is 28.4. The lowest BCUT2D eigenvalue weighted by molar-refractivity contribution is 0.0966. The molecule has 0 saturated carbocycles. The van der Waals surface area contributed by atoms with Crippen molar-refractivity contribution in [2.45, 2.75) is 52.1 Å². The van der Waals surface area contributed by atoms with E-state index < -0.39 is 0 Å². The number of carbonyl (C=O) groups is 2. The number of likely N-dealkylation sites (tertiary alicyclic amines) is 1. The first-order chi connectivity index (χ1) is 18.9. The Balaban J connectivity index is 1.35. The molecule has 3 aliphatic rings. The van der Waals surface area contributed by atoms with Crippen molar-refractivity contribution in [1.82, 2.24) is 29.9 Å². The van der Waals surface area contributed by atoms with Gasteiger partial charge in [0.25, 0.3) is 5.91 Å². The van der Waals surface area contributed by atoms with E-state index in [1.807, 2.05) is 17.8 Å². The second kappa shape index (κ2) is 9.12. The zero-order chi connectivity index (χ0) is 26.8. The number of nitrogens with one attached hydrogen (secondary N) is 3. The van der Waals surface area contributed by atoms with Gasteiger partial charge in [0.1, 0.15) is 0 Å². The SMILES string of the molecule is CC(C)n1c2ccc(NC(=O)NCCN3CCCC3)cc2c2c3c(c4c(c21)CCc1nn(C)cc1-4)C(=O)NC3. The fourth-order valence-electron chi connectivity index (χ4n) is 6.98. The fourth-order valence-corrected chi connectivity index (χ4v) is 6.98. The van der Waals surface area contributed by atoms with Crippen LogP contribution in [0.4, 0.5) is 10.5 Å².